The number of aromatic nitrogens is 5. The number of hydrogen-bond donors (Lipinski definition) is 0. The molecule has 3 aromatic heterocycles. The van der Waals surface area contributed by atoms with Crippen LogP contribution in [-0.2, 0) is 4.74 Å². The number of rotatable bonds is 6. The SMILES string of the molecule is Cc1cc(-n2c(C)cc(C(=O)COC(=O)c3cccnc3-n3cncn3)c2C)ccc1Br. The van der Waals surface area contributed by atoms with Crippen LogP contribution < -0.4 is 0 Å². The molecule has 9 heteroatoms. The minimum Gasteiger partial charge on any atom is -0.454 e. The fourth-order valence-electron chi connectivity index (χ4n) is 3.55. The zero-order valence-electron chi connectivity index (χ0n) is 17.7. The summed E-state index contributed by atoms with van der Waals surface area (Å²) in [7, 11) is 0. The Bertz CT molecular complexity index is 1310. The third-order valence-corrected chi connectivity index (χ3v) is 6.00. The highest BCUT2D eigenvalue weighted by Crippen LogP contribution is 2.25. The highest BCUT2D eigenvalue weighted by molar-refractivity contribution is 9.10. The Morgan fingerprint density at radius 1 is 1.09 bits per heavy atom. The summed E-state index contributed by atoms with van der Waals surface area (Å²) < 4.78 is 9.72. The van der Waals surface area contributed by atoms with Gasteiger partial charge in [-0.05, 0) is 62.7 Å². The summed E-state index contributed by atoms with van der Waals surface area (Å²) in [6, 6.07) is 11.0. The molecule has 4 rings (SSSR count). The van der Waals surface area contributed by atoms with Crippen molar-refractivity contribution in [3.8, 4) is 11.5 Å². The standard InChI is InChI=1S/C23H20BrN5O3/c1-14-9-17(6-7-20(14)24)29-15(2)10-19(16(29)3)21(30)11-32-23(31)18-5-4-8-26-22(18)28-13-25-12-27-28/h4-10,12-13H,11H2,1-3H3. The van der Waals surface area contributed by atoms with Gasteiger partial charge in [-0.3, -0.25) is 4.79 Å². The first-order chi connectivity index (χ1) is 15.4. The average molecular weight is 494 g/mol. The maximum absolute atomic E-state index is 12.9. The third-order valence-electron chi connectivity index (χ3n) is 5.11. The quantitative estimate of drug-likeness (QED) is 0.295. The summed E-state index contributed by atoms with van der Waals surface area (Å²) in [6.07, 6.45) is 4.32. The number of benzene rings is 1. The van der Waals surface area contributed by atoms with E-state index in [0.29, 0.717) is 5.56 Å². The van der Waals surface area contributed by atoms with Gasteiger partial charge in [-0.1, -0.05) is 15.9 Å². The second-order valence-corrected chi connectivity index (χ2v) is 8.12. The summed E-state index contributed by atoms with van der Waals surface area (Å²) in [5, 5.41) is 4.00. The number of hydrogen-bond acceptors (Lipinski definition) is 6. The first kappa shape index (κ1) is 21.6. The number of carbonyl (C=O) groups is 2. The fourth-order valence-corrected chi connectivity index (χ4v) is 3.80. The Morgan fingerprint density at radius 2 is 1.91 bits per heavy atom. The lowest BCUT2D eigenvalue weighted by molar-refractivity contribution is 0.0474. The molecule has 0 saturated heterocycles. The van der Waals surface area contributed by atoms with E-state index >= 15 is 0 Å². The molecule has 1 aromatic carbocycles. The highest BCUT2D eigenvalue weighted by atomic mass is 79.9. The molecule has 0 fully saturated rings. The Hall–Kier alpha value is -3.59. The zero-order valence-corrected chi connectivity index (χ0v) is 19.3. The van der Waals surface area contributed by atoms with Gasteiger partial charge >= 0.3 is 5.97 Å². The van der Waals surface area contributed by atoms with Gasteiger partial charge in [0.2, 0.25) is 5.78 Å². The van der Waals surface area contributed by atoms with Crippen molar-refractivity contribution in [3.63, 3.8) is 0 Å². The third kappa shape index (κ3) is 4.11. The molecule has 0 bridgehead atoms. The van der Waals surface area contributed by atoms with Crippen molar-refractivity contribution in [1.82, 2.24) is 24.3 Å². The van der Waals surface area contributed by atoms with Gasteiger partial charge in [-0.25, -0.2) is 19.4 Å². The smallest absolute Gasteiger partial charge is 0.342 e. The summed E-state index contributed by atoms with van der Waals surface area (Å²) in [4.78, 5) is 33.6. The Kier molecular flexibility index (Phi) is 6.00. The molecule has 32 heavy (non-hydrogen) atoms. The molecule has 0 unspecified atom stereocenters. The molecule has 0 amide bonds. The van der Waals surface area contributed by atoms with Crippen LogP contribution in [0.3, 0.4) is 0 Å². The Morgan fingerprint density at radius 3 is 2.62 bits per heavy atom. The van der Waals surface area contributed by atoms with Crippen LogP contribution in [0.25, 0.3) is 11.5 Å². The van der Waals surface area contributed by atoms with E-state index in [2.05, 4.69) is 31.0 Å². The summed E-state index contributed by atoms with van der Waals surface area (Å²) >= 11 is 3.51. The molecule has 3 heterocycles. The van der Waals surface area contributed by atoms with Crippen LogP contribution in [0.1, 0.15) is 37.7 Å². The lowest BCUT2D eigenvalue weighted by Gasteiger charge is -2.12. The molecule has 0 radical (unpaired) electrons. The van der Waals surface area contributed by atoms with Crippen LogP contribution in [-0.4, -0.2) is 42.7 Å². The van der Waals surface area contributed by atoms with Crippen LogP contribution in [0, 0.1) is 20.8 Å². The number of Topliss-reactive ketones (excluding diaryl/α,β-unsaturated/α-hetero) is 1. The van der Waals surface area contributed by atoms with Crippen LogP contribution in [0.5, 0.6) is 0 Å². The van der Waals surface area contributed by atoms with E-state index in [1.165, 1.54) is 23.5 Å². The fraction of sp³-hybridized carbons (Fsp3) is 0.174. The number of ketones is 1. The van der Waals surface area contributed by atoms with Crippen molar-refractivity contribution < 1.29 is 14.3 Å². The van der Waals surface area contributed by atoms with Gasteiger partial charge in [-0.2, -0.15) is 5.10 Å². The van der Waals surface area contributed by atoms with E-state index < -0.39 is 5.97 Å². The maximum atomic E-state index is 12.9. The van der Waals surface area contributed by atoms with E-state index in [4.69, 9.17) is 4.74 Å². The van der Waals surface area contributed by atoms with E-state index in [9.17, 15) is 9.59 Å². The molecule has 0 atom stereocenters. The van der Waals surface area contributed by atoms with E-state index in [1.54, 1.807) is 12.1 Å². The van der Waals surface area contributed by atoms with E-state index in [1.807, 2.05) is 49.6 Å². The zero-order chi connectivity index (χ0) is 22.8. The number of aryl methyl sites for hydroxylation is 2. The second kappa shape index (κ2) is 8.88. The topological polar surface area (TPSA) is 91.9 Å². The molecule has 0 aliphatic carbocycles. The van der Waals surface area contributed by atoms with Gasteiger partial charge in [0.25, 0.3) is 0 Å². The van der Waals surface area contributed by atoms with Gasteiger partial charge < -0.3 is 9.30 Å². The average Bonchev–Trinajstić information content (AvgIpc) is 3.42. The molecule has 0 aliphatic heterocycles. The van der Waals surface area contributed by atoms with Crippen molar-refractivity contribution in [3.05, 3.63) is 87.8 Å². The number of nitrogens with zero attached hydrogens (tertiary/aromatic N) is 5. The number of pyridine rings is 1. The van der Waals surface area contributed by atoms with E-state index in [-0.39, 0.29) is 23.8 Å². The number of halogens is 1. The number of carbonyl (C=O) groups excluding carboxylic acids is 2. The van der Waals surface area contributed by atoms with Crippen LogP contribution in [0.15, 0.2) is 59.7 Å². The van der Waals surface area contributed by atoms with Crippen LogP contribution >= 0.6 is 15.9 Å². The van der Waals surface area contributed by atoms with Crippen molar-refractivity contribution in [2.45, 2.75) is 20.8 Å². The summed E-state index contributed by atoms with van der Waals surface area (Å²) in [5.74, 6) is -0.654. The molecular weight excluding hydrogens is 474 g/mol. The number of esters is 1. The van der Waals surface area contributed by atoms with Crippen molar-refractivity contribution in [1.29, 1.82) is 0 Å². The lowest BCUT2D eigenvalue weighted by atomic mass is 10.1. The normalized spacial score (nSPS) is 10.9. The van der Waals surface area contributed by atoms with Crippen LogP contribution in [0.2, 0.25) is 0 Å². The molecule has 0 saturated carbocycles. The molecule has 0 aliphatic rings. The van der Waals surface area contributed by atoms with Gasteiger partial charge in [0, 0.05) is 33.3 Å². The summed E-state index contributed by atoms with van der Waals surface area (Å²) in [6.45, 7) is 5.45. The maximum Gasteiger partial charge on any atom is 0.342 e. The molecule has 8 nitrogen and oxygen atoms in total. The van der Waals surface area contributed by atoms with Crippen molar-refractivity contribution >= 4 is 27.7 Å². The molecular formula is C23H20BrN5O3. The minimum absolute atomic E-state index is 0.196. The Labute approximate surface area is 193 Å². The highest BCUT2D eigenvalue weighted by Gasteiger charge is 2.21. The second-order valence-electron chi connectivity index (χ2n) is 7.27. The molecule has 0 N–H and O–H groups in total. The first-order valence-corrected chi connectivity index (χ1v) is 10.6. The first-order valence-electron chi connectivity index (χ1n) is 9.82. The molecule has 0 spiro atoms. The van der Waals surface area contributed by atoms with Crippen molar-refractivity contribution in [2.75, 3.05) is 6.61 Å². The molecule has 162 valence electrons. The van der Waals surface area contributed by atoms with Crippen LogP contribution in [0.4, 0.5) is 0 Å². The lowest BCUT2D eigenvalue weighted by Crippen LogP contribution is -2.17. The largest absolute Gasteiger partial charge is 0.454 e. The predicted octanol–water partition coefficient (Wildman–Crippen LogP) is 4.18. The minimum atomic E-state index is -0.658. The van der Waals surface area contributed by atoms with E-state index in [0.717, 1.165) is 27.1 Å². The van der Waals surface area contributed by atoms with Gasteiger partial charge in [0.05, 0.1) is 0 Å². The summed E-state index contributed by atoms with van der Waals surface area (Å²) in [5.41, 5.74) is 4.47. The van der Waals surface area contributed by atoms with Gasteiger partial charge in [-0.15, -0.1) is 0 Å². The van der Waals surface area contributed by atoms with Crippen molar-refractivity contribution in [2.24, 2.45) is 0 Å². The van der Waals surface area contributed by atoms with Gasteiger partial charge in [0.15, 0.2) is 12.4 Å². The predicted molar refractivity (Wildman–Crippen MR) is 121 cm³/mol. The van der Waals surface area contributed by atoms with Gasteiger partial charge in [0.1, 0.15) is 18.2 Å². The molecule has 4 aromatic rings. The Balaban J connectivity index is 1.54. The number of ether oxygens (including phenoxy) is 1. The monoisotopic (exact) mass is 493 g/mol.